The van der Waals surface area contributed by atoms with Crippen LogP contribution in [-0.4, -0.2) is 41.8 Å². The van der Waals surface area contributed by atoms with E-state index in [1.807, 2.05) is 12.1 Å². The summed E-state index contributed by atoms with van der Waals surface area (Å²) >= 11 is 1.23. The highest BCUT2D eigenvalue weighted by molar-refractivity contribution is 7.14. The first-order valence-electron chi connectivity index (χ1n) is 9.72. The normalized spacial score (nSPS) is 20.0. The van der Waals surface area contributed by atoms with Gasteiger partial charge >= 0.3 is 0 Å². The maximum Gasteiger partial charge on any atom is 0.275 e. The third-order valence-electron chi connectivity index (χ3n) is 5.32. The molecule has 0 unspecified atom stereocenters. The van der Waals surface area contributed by atoms with E-state index in [1.165, 1.54) is 49.8 Å². The van der Waals surface area contributed by atoms with Gasteiger partial charge in [-0.05, 0) is 62.4 Å². The Morgan fingerprint density at radius 2 is 2.00 bits per heavy atom. The van der Waals surface area contributed by atoms with Crippen LogP contribution in [0.25, 0.3) is 0 Å². The second-order valence-corrected chi connectivity index (χ2v) is 8.56. The molecule has 7 heteroatoms. The number of likely N-dealkylation sites (tertiary alicyclic amines) is 1. The molecule has 2 atom stereocenters. The highest BCUT2D eigenvalue weighted by atomic mass is 32.1. The standard InChI is InChI=1S/C21H28N4O2S/c1-14-12-25(3)11-10-17(14)7-4-16-5-8-18(9-6-16)23-20(27)19-13-28-21(24-19)22-15(2)26/h5-6,8-9,13-14,17H,4,7,10-12H2,1-3H3,(H,23,27)(H,22,24,26)/t14-,17-/m0/s1. The van der Waals surface area contributed by atoms with Gasteiger partial charge in [0.15, 0.2) is 5.13 Å². The van der Waals surface area contributed by atoms with Gasteiger partial charge in [-0.1, -0.05) is 19.1 Å². The number of nitrogens with one attached hydrogen (secondary N) is 2. The number of hydrogen-bond donors (Lipinski definition) is 2. The lowest BCUT2D eigenvalue weighted by Crippen LogP contribution is -2.36. The Balaban J connectivity index is 1.50. The van der Waals surface area contributed by atoms with E-state index in [9.17, 15) is 9.59 Å². The SMILES string of the molecule is CC(=O)Nc1nc(C(=O)Nc2ccc(CC[C@H]3CCN(C)C[C@@H]3C)cc2)cs1. The first-order valence-corrected chi connectivity index (χ1v) is 10.6. The minimum atomic E-state index is -0.277. The molecule has 6 nitrogen and oxygen atoms in total. The molecule has 28 heavy (non-hydrogen) atoms. The van der Waals surface area contributed by atoms with Gasteiger partial charge in [0.1, 0.15) is 5.69 Å². The largest absolute Gasteiger partial charge is 0.321 e. The van der Waals surface area contributed by atoms with Crippen molar-refractivity contribution in [1.29, 1.82) is 0 Å². The summed E-state index contributed by atoms with van der Waals surface area (Å²) in [5.74, 6) is 1.06. The number of piperidine rings is 1. The van der Waals surface area contributed by atoms with Crippen LogP contribution in [0.5, 0.6) is 0 Å². The smallest absolute Gasteiger partial charge is 0.275 e. The number of hydrogen-bond acceptors (Lipinski definition) is 5. The molecule has 0 spiro atoms. The molecule has 2 heterocycles. The molecule has 0 saturated carbocycles. The number of anilines is 2. The summed E-state index contributed by atoms with van der Waals surface area (Å²) in [6, 6.07) is 8.04. The maximum absolute atomic E-state index is 12.3. The fraction of sp³-hybridized carbons (Fsp3) is 0.476. The minimum Gasteiger partial charge on any atom is -0.321 e. The molecule has 0 bridgehead atoms. The Morgan fingerprint density at radius 3 is 2.68 bits per heavy atom. The number of aryl methyl sites for hydroxylation is 1. The van der Waals surface area contributed by atoms with Crippen molar-refractivity contribution in [2.45, 2.75) is 33.1 Å². The van der Waals surface area contributed by atoms with Gasteiger partial charge in [0, 0.05) is 24.5 Å². The molecule has 3 rings (SSSR count). The van der Waals surface area contributed by atoms with Gasteiger partial charge < -0.3 is 15.5 Å². The second kappa shape index (κ2) is 9.30. The number of nitrogens with zero attached hydrogens (tertiary/aromatic N) is 2. The Labute approximate surface area is 170 Å². The van der Waals surface area contributed by atoms with E-state index >= 15 is 0 Å². The first kappa shape index (κ1) is 20.5. The van der Waals surface area contributed by atoms with Crippen LogP contribution in [0.1, 0.15) is 42.7 Å². The molecule has 150 valence electrons. The Morgan fingerprint density at radius 1 is 1.25 bits per heavy atom. The van der Waals surface area contributed by atoms with Crippen LogP contribution in [0.3, 0.4) is 0 Å². The topological polar surface area (TPSA) is 74.3 Å². The molecule has 1 aromatic carbocycles. The summed E-state index contributed by atoms with van der Waals surface area (Å²) in [7, 11) is 2.20. The lowest BCUT2D eigenvalue weighted by Gasteiger charge is -2.34. The van der Waals surface area contributed by atoms with Crippen LogP contribution in [0.2, 0.25) is 0 Å². The number of carbonyl (C=O) groups excluding carboxylic acids is 2. The Bertz CT molecular complexity index is 818. The molecule has 0 radical (unpaired) electrons. The van der Waals surface area contributed by atoms with Crippen molar-refractivity contribution in [3.8, 4) is 0 Å². The van der Waals surface area contributed by atoms with Crippen molar-refractivity contribution < 1.29 is 9.59 Å². The summed E-state index contributed by atoms with van der Waals surface area (Å²) < 4.78 is 0. The highest BCUT2D eigenvalue weighted by Crippen LogP contribution is 2.27. The number of amides is 2. The molecular weight excluding hydrogens is 372 g/mol. The number of aromatic nitrogens is 1. The Hall–Kier alpha value is -2.25. The van der Waals surface area contributed by atoms with Crippen molar-refractivity contribution in [3.05, 3.63) is 40.9 Å². The molecule has 2 amide bonds. The van der Waals surface area contributed by atoms with Gasteiger partial charge in [0.25, 0.3) is 5.91 Å². The van der Waals surface area contributed by atoms with Crippen molar-refractivity contribution >= 4 is 34.0 Å². The summed E-state index contributed by atoms with van der Waals surface area (Å²) in [6.07, 6.45) is 3.56. The van der Waals surface area contributed by atoms with E-state index in [2.05, 4.69) is 46.6 Å². The van der Waals surface area contributed by atoms with Gasteiger partial charge in [-0.25, -0.2) is 4.98 Å². The summed E-state index contributed by atoms with van der Waals surface area (Å²) in [5, 5.41) is 7.50. The molecule has 0 aliphatic carbocycles. The Kier molecular flexibility index (Phi) is 6.80. The molecule has 1 aliphatic rings. The van der Waals surface area contributed by atoms with E-state index in [0.717, 1.165) is 23.9 Å². The fourth-order valence-corrected chi connectivity index (χ4v) is 4.46. The first-order chi connectivity index (χ1) is 13.4. The van der Waals surface area contributed by atoms with Crippen LogP contribution >= 0.6 is 11.3 Å². The lowest BCUT2D eigenvalue weighted by atomic mass is 9.83. The predicted octanol–water partition coefficient (Wildman–Crippen LogP) is 3.87. The predicted molar refractivity (Wildman–Crippen MR) is 114 cm³/mol. The van der Waals surface area contributed by atoms with Crippen molar-refractivity contribution in [2.24, 2.45) is 11.8 Å². The molecule has 2 aromatic rings. The van der Waals surface area contributed by atoms with Crippen LogP contribution < -0.4 is 10.6 Å². The zero-order chi connectivity index (χ0) is 20.1. The van der Waals surface area contributed by atoms with Crippen molar-refractivity contribution in [1.82, 2.24) is 9.88 Å². The van der Waals surface area contributed by atoms with Gasteiger partial charge in [-0.2, -0.15) is 0 Å². The molecule has 2 N–H and O–H groups in total. The molecule has 1 saturated heterocycles. The van der Waals surface area contributed by atoms with E-state index in [-0.39, 0.29) is 11.8 Å². The van der Waals surface area contributed by atoms with E-state index < -0.39 is 0 Å². The average molecular weight is 401 g/mol. The van der Waals surface area contributed by atoms with Crippen molar-refractivity contribution in [3.63, 3.8) is 0 Å². The third-order valence-corrected chi connectivity index (χ3v) is 6.08. The van der Waals surface area contributed by atoms with Crippen LogP contribution in [0.15, 0.2) is 29.6 Å². The average Bonchev–Trinajstić information content (AvgIpc) is 3.10. The maximum atomic E-state index is 12.3. The van der Waals surface area contributed by atoms with Gasteiger partial charge in [0.05, 0.1) is 0 Å². The summed E-state index contributed by atoms with van der Waals surface area (Å²) in [6.45, 7) is 6.15. The second-order valence-electron chi connectivity index (χ2n) is 7.70. The van der Waals surface area contributed by atoms with E-state index in [1.54, 1.807) is 5.38 Å². The number of carbonyl (C=O) groups is 2. The third kappa shape index (κ3) is 5.62. The van der Waals surface area contributed by atoms with Gasteiger partial charge in [-0.3, -0.25) is 9.59 Å². The van der Waals surface area contributed by atoms with Crippen LogP contribution in [0, 0.1) is 11.8 Å². The number of rotatable bonds is 6. The minimum absolute atomic E-state index is 0.202. The van der Waals surface area contributed by atoms with E-state index in [0.29, 0.717) is 10.8 Å². The molecular formula is C21H28N4O2S. The number of thiazole rings is 1. The zero-order valence-electron chi connectivity index (χ0n) is 16.7. The zero-order valence-corrected chi connectivity index (χ0v) is 17.5. The van der Waals surface area contributed by atoms with Gasteiger partial charge in [-0.15, -0.1) is 11.3 Å². The fourth-order valence-electron chi connectivity index (χ4n) is 3.72. The van der Waals surface area contributed by atoms with Crippen molar-refractivity contribution in [2.75, 3.05) is 30.8 Å². The van der Waals surface area contributed by atoms with E-state index in [4.69, 9.17) is 0 Å². The number of benzene rings is 1. The molecule has 1 fully saturated rings. The summed E-state index contributed by atoms with van der Waals surface area (Å²) in [4.78, 5) is 29.9. The lowest BCUT2D eigenvalue weighted by molar-refractivity contribution is -0.114. The molecule has 1 aliphatic heterocycles. The highest BCUT2D eigenvalue weighted by Gasteiger charge is 2.23. The van der Waals surface area contributed by atoms with Crippen LogP contribution in [0.4, 0.5) is 10.8 Å². The molecule has 1 aromatic heterocycles. The van der Waals surface area contributed by atoms with Crippen LogP contribution in [-0.2, 0) is 11.2 Å². The summed E-state index contributed by atoms with van der Waals surface area (Å²) in [5.41, 5.74) is 2.34. The monoisotopic (exact) mass is 400 g/mol. The quantitative estimate of drug-likeness (QED) is 0.772. The van der Waals surface area contributed by atoms with Gasteiger partial charge in [0.2, 0.25) is 5.91 Å².